The van der Waals surface area contributed by atoms with E-state index in [-0.39, 0.29) is 23.3 Å². The number of carbonyl (C=O) groups excluding carboxylic acids is 1. The van der Waals surface area contributed by atoms with E-state index in [0.29, 0.717) is 17.3 Å². The fourth-order valence-electron chi connectivity index (χ4n) is 3.14. The highest BCUT2D eigenvalue weighted by Crippen LogP contribution is 2.42. The van der Waals surface area contributed by atoms with Crippen molar-refractivity contribution in [3.8, 4) is 5.95 Å². The van der Waals surface area contributed by atoms with Gasteiger partial charge in [-0.05, 0) is 30.7 Å². The Hall–Kier alpha value is -2.80. The molecule has 1 N–H and O–H groups in total. The number of nitrogens with one attached hydrogen (secondary N) is 1. The van der Waals surface area contributed by atoms with Gasteiger partial charge >= 0.3 is 0 Å². The lowest BCUT2D eigenvalue weighted by molar-refractivity contribution is -0.116. The summed E-state index contributed by atoms with van der Waals surface area (Å²) in [5.74, 6) is -0.0213. The largest absolute Gasteiger partial charge is 0.310 e. The van der Waals surface area contributed by atoms with E-state index >= 15 is 0 Å². The summed E-state index contributed by atoms with van der Waals surface area (Å²) in [6.07, 6.45) is 3.41. The number of aromatic nitrogens is 4. The molecular weight excluding hydrogens is 345 g/mol. The number of nitrogens with zero attached hydrogens (tertiary/aromatic N) is 4. The molecule has 0 aliphatic carbocycles. The highest BCUT2D eigenvalue weighted by Gasteiger charge is 2.34. The molecule has 4 rings (SSSR count). The fourth-order valence-corrected chi connectivity index (χ4v) is 3.44. The van der Waals surface area contributed by atoms with Gasteiger partial charge in [0.2, 0.25) is 5.91 Å². The van der Waals surface area contributed by atoms with Crippen molar-refractivity contribution in [3.05, 3.63) is 64.3 Å². The van der Waals surface area contributed by atoms with E-state index in [1.165, 1.54) is 16.8 Å². The second-order valence-electron chi connectivity index (χ2n) is 5.78. The van der Waals surface area contributed by atoms with Gasteiger partial charge in [0.15, 0.2) is 0 Å². The lowest BCUT2D eigenvalue weighted by Crippen LogP contribution is -2.25. The second-order valence-corrected chi connectivity index (χ2v) is 6.19. The third-order valence-electron chi connectivity index (χ3n) is 4.18. The lowest BCUT2D eigenvalue weighted by atomic mass is 9.86. The van der Waals surface area contributed by atoms with Gasteiger partial charge in [0.25, 0.3) is 5.95 Å². The van der Waals surface area contributed by atoms with E-state index in [4.69, 9.17) is 11.6 Å². The summed E-state index contributed by atoms with van der Waals surface area (Å²) in [5.41, 5.74) is 2.25. The van der Waals surface area contributed by atoms with Crippen LogP contribution in [0.2, 0.25) is 5.02 Å². The van der Waals surface area contributed by atoms with Gasteiger partial charge in [0.05, 0.1) is 5.69 Å². The van der Waals surface area contributed by atoms with Gasteiger partial charge in [0, 0.05) is 35.3 Å². The molecule has 1 aliphatic heterocycles. The number of aryl methyl sites for hydroxylation is 1. The highest BCUT2D eigenvalue weighted by atomic mass is 35.5. The van der Waals surface area contributed by atoms with Gasteiger partial charge in [-0.2, -0.15) is 9.78 Å². The molecule has 0 fully saturated rings. The van der Waals surface area contributed by atoms with E-state index in [2.05, 4.69) is 20.4 Å². The average Bonchev–Trinajstić information content (AvgIpc) is 2.92. The number of fused-ring (bicyclic) bond motifs is 1. The van der Waals surface area contributed by atoms with Crippen LogP contribution in [-0.2, 0) is 4.79 Å². The first-order valence-corrected chi connectivity index (χ1v) is 8.04. The van der Waals surface area contributed by atoms with E-state index in [9.17, 15) is 9.18 Å². The van der Waals surface area contributed by atoms with Crippen molar-refractivity contribution >= 4 is 23.3 Å². The Balaban J connectivity index is 1.90. The molecule has 1 aromatic carbocycles. The quantitative estimate of drug-likeness (QED) is 0.764. The van der Waals surface area contributed by atoms with Crippen LogP contribution < -0.4 is 5.32 Å². The van der Waals surface area contributed by atoms with Crippen molar-refractivity contribution in [2.24, 2.45) is 0 Å². The normalized spacial score (nSPS) is 16.4. The first-order chi connectivity index (χ1) is 12.0. The topological polar surface area (TPSA) is 72.7 Å². The van der Waals surface area contributed by atoms with Crippen molar-refractivity contribution in [1.82, 2.24) is 19.7 Å². The van der Waals surface area contributed by atoms with Gasteiger partial charge in [0.1, 0.15) is 11.6 Å². The first kappa shape index (κ1) is 15.7. The van der Waals surface area contributed by atoms with Gasteiger partial charge in [-0.25, -0.2) is 14.4 Å². The summed E-state index contributed by atoms with van der Waals surface area (Å²) in [5, 5.41) is 7.61. The lowest BCUT2D eigenvalue weighted by Gasteiger charge is -2.24. The minimum absolute atomic E-state index is 0.171. The maximum absolute atomic E-state index is 13.4. The third kappa shape index (κ3) is 2.66. The van der Waals surface area contributed by atoms with Crippen molar-refractivity contribution < 1.29 is 9.18 Å². The Kier molecular flexibility index (Phi) is 3.73. The van der Waals surface area contributed by atoms with Crippen LogP contribution in [0.25, 0.3) is 5.95 Å². The number of anilines is 1. The van der Waals surface area contributed by atoms with Crippen LogP contribution >= 0.6 is 11.6 Å². The smallest absolute Gasteiger partial charge is 0.252 e. The standard InChI is InChI=1S/C17H13ClFN5O/c1-9-15-12(11-4-3-10(19)7-13(11)18)8-14(25)22-16(15)24(23-9)17-20-5-2-6-21-17/h2-7,12H,8H2,1H3,(H,22,25)/t12-/m0/s1. The Morgan fingerprint density at radius 3 is 2.80 bits per heavy atom. The fraction of sp³-hybridized carbons (Fsp3) is 0.176. The maximum Gasteiger partial charge on any atom is 0.252 e. The summed E-state index contributed by atoms with van der Waals surface area (Å²) >= 11 is 6.23. The number of amides is 1. The number of rotatable bonds is 2. The molecule has 25 heavy (non-hydrogen) atoms. The van der Waals surface area contributed by atoms with E-state index < -0.39 is 5.82 Å². The molecule has 1 aliphatic rings. The predicted molar refractivity (Wildman–Crippen MR) is 90.4 cm³/mol. The van der Waals surface area contributed by atoms with Crippen LogP contribution in [0, 0.1) is 12.7 Å². The predicted octanol–water partition coefficient (Wildman–Crippen LogP) is 3.24. The molecule has 0 spiro atoms. The molecule has 2 aromatic heterocycles. The zero-order chi connectivity index (χ0) is 17.6. The summed E-state index contributed by atoms with van der Waals surface area (Å²) in [6, 6.07) is 5.91. The summed E-state index contributed by atoms with van der Waals surface area (Å²) < 4.78 is 14.9. The third-order valence-corrected chi connectivity index (χ3v) is 4.51. The van der Waals surface area contributed by atoms with Gasteiger partial charge in [-0.1, -0.05) is 17.7 Å². The number of halogens is 2. The minimum atomic E-state index is -0.417. The molecule has 126 valence electrons. The zero-order valence-electron chi connectivity index (χ0n) is 13.2. The van der Waals surface area contributed by atoms with E-state index in [0.717, 1.165) is 11.3 Å². The first-order valence-electron chi connectivity index (χ1n) is 7.66. The van der Waals surface area contributed by atoms with Gasteiger partial charge < -0.3 is 5.32 Å². The molecule has 3 aromatic rings. The monoisotopic (exact) mass is 357 g/mol. The summed E-state index contributed by atoms with van der Waals surface area (Å²) in [6.45, 7) is 1.85. The van der Waals surface area contributed by atoms with Gasteiger partial charge in [-0.3, -0.25) is 4.79 Å². The Bertz CT molecular complexity index is 973. The van der Waals surface area contributed by atoms with Crippen LogP contribution in [0.15, 0.2) is 36.7 Å². The van der Waals surface area contributed by atoms with Crippen LogP contribution in [0.3, 0.4) is 0 Å². The minimum Gasteiger partial charge on any atom is -0.310 e. The van der Waals surface area contributed by atoms with Crippen molar-refractivity contribution in [2.75, 3.05) is 5.32 Å². The summed E-state index contributed by atoms with van der Waals surface area (Å²) in [7, 11) is 0. The second kappa shape index (κ2) is 5.93. The number of hydrogen-bond acceptors (Lipinski definition) is 4. The molecule has 0 bridgehead atoms. The SMILES string of the molecule is Cc1nn(-c2ncccn2)c2c1[C@H](c1ccc(F)cc1Cl)CC(=O)N2. The Morgan fingerprint density at radius 1 is 1.32 bits per heavy atom. The van der Waals surface area contributed by atoms with Crippen molar-refractivity contribution in [2.45, 2.75) is 19.3 Å². The number of hydrogen-bond donors (Lipinski definition) is 1. The van der Waals surface area contributed by atoms with Crippen LogP contribution in [0.4, 0.5) is 10.2 Å². The molecule has 6 nitrogen and oxygen atoms in total. The Morgan fingerprint density at radius 2 is 2.08 bits per heavy atom. The average molecular weight is 358 g/mol. The van der Waals surface area contributed by atoms with Gasteiger partial charge in [-0.15, -0.1) is 0 Å². The van der Waals surface area contributed by atoms with Crippen molar-refractivity contribution in [1.29, 1.82) is 0 Å². The summed E-state index contributed by atoms with van der Waals surface area (Å²) in [4.78, 5) is 20.6. The van der Waals surface area contributed by atoms with E-state index in [1.54, 1.807) is 24.5 Å². The molecule has 0 radical (unpaired) electrons. The molecule has 3 heterocycles. The van der Waals surface area contributed by atoms with Crippen molar-refractivity contribution in [3.63, 3.8) is 0 Å². The zero-order valence-corrected chi connectivity index (χ0v) is 14.0. The maximum atomic E-state index is 13.4. The number of benzene rings is 1. The Labute approximate surface area is 147 Å². The molecule has 1 atom stereocenters. The highest BCUT2D eigenvalue weighted by molar-refractivity contribution is 6.31. The molecular formula is C17H13ClFN5O. The van der Waals surface area contributed by atoms with Crippen LogP contribution in [0.5, 0.6) is 0 Å². The van der Waals surface area contributed by atoms with Crippen LogP contribution in [-0.4, -0.2) is 25.7 Å². The molecule has 8 heteroatoms. The van der Waals surface area contributed by atoms with Crippen LogP contribution in [0.1, 0.15) is 29.2 Å². The van der Waals surface area contributed by atoms with E-state index in [1.807, 2.05) is 6.92 Å². The number of carbonyl (C=O) groups is 1. The molecule has 0 saturated heterocycles. The molecule has 0 saturated carbocycles. The molecule has 1 amide bonds. The molecule has 0 unspecified atom stereocenters.